The van der Waals surface area contributed by atoms with Gasteiger partial charge in [-0.15, -0.1) is 0 Å². The third kappa shape index (κ3) is 4.66. The van der Waals surface area contributed by atoms with Gasteiger partial charge in [0.2, 0.25) is 5.91 Å². The number of aliphatic hydroxyl groups is 1. The maximum absolute atomic E-state index is 12.2. The molecule has 1 heterocycles. The second-order valence-electron chi connectivity index (χ2n) is 7.39. The van der Waals surface area contributed by atoms with Crippen LogP contribution in [0.3, 0.4) is 0 Å². The van der Waals surface area contributed by atoms with Crippen LogP contribution in [0.2, 0.25) is 0 Å². The molecule has 2 fully saturated rings. The van der Waals surface area contributed by atoms with Gasteiger partial charge < -0.3 is 20.1 Å². The quantitative estimate of drug-likeness (QED) is 0.831. The van der Waals surface area contributed by atoms with E-state index in [0.717, 1.165) is 56.6 Å². The molecule has 25 heavy (non-hydrogen) atoms. The van der Waals surface area contributed by atoms with Crippen LogP contribution in [-0.2, 0) is 4.79 Å². The van der Waals surface area contributed by atoms with Gasteiger partial charge in [-0.25, -0.2) is 0 Å². The maximum atomic E-state index is 12.2. The van der Waals surface area contributed by atoms with Crippen LogP contribution < -0.4 is 15.0 Å². The lowest BCUT2D eigenvalue weighted by Crippen LogP contribution is -2.35. The predicted octanol–water partition coefficient (Wildman–Crippen LogP) is 2.58. The number of nitrogens with one attached hydrogen (secondary N) is 1. The molecule has 5 heteroatoms. The van der Waals surface area contributed by atoms with E-state index < -0.39 is 0 Å². The molecule has 2 N–H and O–H groups in total. The van der Waals surface area contributed by atoms with Crippen LogP contribution in [-0.4, -0.2) is 43.9 Å². The van der Waals surface area contributed by atoms with Gasteiger partial charge in [-0.1, -0.05) is 25.0 Å². The van der Waals surface area contributed by atoms with Gasteiger partial charge in [0.15, 0.2) is 0 Å². The van der Waals surface area contributed by atoms with Crippen LogP contribution in [0.4, 0.5) is 5.69 Å². The number of carbonyl (C=O) groups excluding carboxylic acids is 1. The molecular formula is C20H30N2O3. The number of anilines is 1. The number of amides is 1. The van der Waals surface area contributed by atoms with Crippen molar-refractivity contribution in [3.05, 3.63) is 24.3 Å². The third-order valence-corrected chi connectivity index (χ3v) is 5.62. The van der Waals surface area contributed by atoms with Crippen molar-refractivity contribution in [3.63, 3.8) is 0 Å². The van der Waals surface area contributed by atoms with E-state index in [1.54, 1.807) is 7.11 Å². The van der Waals surface area contributed by atoms with E-state index in [1.807, 2.05) is 18.2 Å². The highest BCUT2D eigenvalue weighted by molar-refractivity contribution is 5.76. The highest BCUT2D eigenvalue weighted by Gasteiger charge is 2.27. The summed E-state index contributed by atoms with van der Waals surface area (Å²) in [5, 5.41) is 13.1. The lowest BCUT2D eigenvalue weighted by molar-refractivity contribution is -0.123. The zero-order valence-corrected chi connectivity index (χ0v) is 15.1. The molecule has 1 saturated carbocycles. The summed E-state index contributed by atoms with van der Waals surface area (Å²) < 4.78 is 5.45. The summed E-state index contributed by atoms with van der Waals surface area (Å²) >= 11 is 0. The molecule has 0 spiro atoms. The fourth-order valence-corrected chi connectivity index (χ4v) is 4.10. The molecule has 1 saturated heterocycles. The van der Waals surface area contributed by atoms with Gasteiger partial charge in [0.25, 0.3) is 0 Å². The predicted molar refractivity (Wildman–Crippen MR) is 98.9 cm³/mol. The van der Waals surface area contributed by atoms with Crippen molar-refractivity contribution >= 4 is 11.6 Å². The highest BCUT2D eigenvalue weighted by atomic mass is 16.5. The Labute approximate surface area is 150 Å². The van der Waals surface area contributed by atoms with Crippen molar-refractivity contribution in [1.29, 1.82) is 0 Å². The minimum absolute atomic E-state index is 0.0849. The standard InChI is InChI=1S/C20H30N2O3/c1-25-19-9-5-3-7-17(19)22-11-10-15(14-22)13-21-20(24)12-16-6-2-4-8-18(16)23/h3,5,7,9,15-16,18,23H,2,4,6,8,10-14H2,1H3,(H,21,24)/t15?,16-,18+/m0/s1. The topological polar surface area (TPSA) is 61.8 Å². The Morgan fingerprint density at radius 1 is 1.28 bits per heavy atom. The van der Waals surface area contributed by atoms with Crippen molar-refractivity contribution in [2.24, 2.45) is 11.8 Å². The van der Waals surface area contributed by atoms with E-state index >= 15 is 0 Å². The summed E-state index contributed by atoms with van der Waals surface area (Å²) in [5.41, 5.74) is 1.13. The molecule has 0 bridgehead atoms. The second kappa shape index (κ2) is 8.56. The minimum Gasteiger partial charge on any atom is -0.495 e. The number of nitrogens with zero attached hydrogens (tertiary/aromatic N) is 1. The molecule has 0 radical (unpaired) electrons. The van der Waals surface area contributed by atoms with Crippen LogP contribution in [0.5, 0.6) is 5.75 Å². The number of para-hydroxylation sites is 2. The Bertz CT molecular complexity index is 578. The molecule has 3 atom stereocenters. The second-order valence-corrected chi connectivity index (χ2v) is 7.39. The van der Waals surface area contributed by atoms with Gasteiger partial charge >= 0.3 is 0 Å². The average Bonchev–Trinajstić information content (AvgIpc) is 3.11. The van der Waals surface area contributed by atoms with Gasteiger partial charge in [-0.2, -0.15) is 0 Å². The largest absolute Gasteiger partial charge is 0.495 e. The van der Waals surface area contributed by atoms with Gasteiger partial charge in [0.05, 0.1) is 18.9 Å². The van der Waals surface area contributed by atoms with E-state index in [1.165, 1.54) is 0 Å². The van der Waals surface area contributed by atoms with Gasteiger partial charge in [0.1, 0.15) is 5.75 Å². The summed E-state index contributed by atoms with van der Waals surface area (Å²) in [6.07, 6.45) is 5.26. The number of rotatable bonds is 6. The molecule has 1 unspecified atom stereocenters. The first-order valence-electron chi connectivity index (χ1n) is 9.50. The molecule has 3 rings (SSSR count). The van der Waals surface area contributed by atoms with Crippen molar-refractivity contribution in [2.45, 2.75) is 44.6 Å². The Kier molecular flexibility index (Phi) is 6.19. The molecule has 138 valence electrons. The zero-order chi connectivity index (χ0) is 17.6. The number of hydrogen-bond acceptors (Lipinski definition) is 4. The first-order valence-corrected chi connectivity index (χ1v) is 9.50. The van der Waals surface area contributed by atoms with E-state index in [2.05, 4.69) is 16.3 Å². The van der Waals surface area contributed by atoms with E-state index in [0.29, 0.717) is 18.9 Å². The SMILES string of the molecule is COc1ccccc1N1CCC(CNC(=O)C[C@@H]2CCCC[C@H]2O)C1. The lowest BCUT2D eigenvalue weighted by Gasteiger charge is -2.27. The van der Waals surface area contributed by atoms with E-state index in [9.17, 15) is 9.90 Å². The molecule has 1 aromatic rings. The third-order valence-electron chi connectivity index (χ3n) is 5.62. The minimum atomic E-state index is -0.299. The molecule has 5 nitrogen and oxygen atoms in total. The van der Waals surface area contributed by atoms with Crippen molar-refractivity contribution < 1.29 is 14.6 Å². The smallest absolute Gasteiger partial charge is 0.220 e. The van der Waals surface area contributed by atoms with Crippen LogP contribution in [0.25, 0.3) is 0 Å². The first kappa shape index (κ1) is 18.1. The molecular weight excluding hydrogens is 316 g/mol. The number of ether oxygens (including phenoxy) is 1. The van der Waals surface area contributed by atoms with Crippen molar-refractivity contribution in [3.8, 4) is 5.75 Å². The first-order chi connectivity index (χ1) is 12.2. The van der Waals surface area contributed by atoms with E-state index in [-0.39, 0.29) is 17.9 Å². The van der Waals surface area contributed by atoms with Crippen LogP contribution in [0.15, 0.2) is 24.3 Å². The van der Waals surface area contributed by atoms with Crippen LogP contribution >= 0.6 is 0 Å². The monoisotopic (exact) mass is 346 g/mol. The summed E-state index contributed by atoms with van der Waals surface area (Å²) in [6.45, 7) is 2.64. The van der Waals surface area contributed by atoms with Crippen LogP contribution in [0, 0.1) is 11.8 Å². The number of hydrogen-bond donors (Lipinski definition) is 2. The average molecular weight is 346 g/mol. The number of benzene rings is 1. The molecule has 1 amide bonds. The number of aliphatic hydroxyl groups excluding tert-OH is 1. The lowest BCUT2D eigenvalue weighted by atomic mass is 9.84. The summed E-state index contributed by atoms with van der Waals surface area (Å²) in [5.74, 6) is 1.59. The van der Waals surface area contributed by atoms with Gasteiger partial charge in [-0.3, -0.25) is 4.79 Å². The fourth-order valence-electron chi connectivity index (χ4n) is 4.10. The van der Waals surface area contributed by atoms with Crippen molar-refractivity contribution in [2.75, 3.05) is 31.6 Å². The summed E-state index contributed by atoms with van der Waals surface area (Å²) in [4.78, 5) is 14.5. The Morgan fingerprint density at radius 2 is 2.08 bits per heavy atom. The summed E-state index contributed by atoms with van der Waals surface area (Å²) in [6, 6.07) is 8.09. The van der Waals surface area contributed by atoms with Gasteiger partial charge in [-0.05, 0) is 43.2 Å². The normalized spacial score (nSPS) is 26.5. The Hall–Kier alpha value is -1.75. The van der Waals surface area contributed by atoms with E-state index in [4.69, 9.17) is 4.74 Å². The number of methoxy groups -OCH3 is 1. The molecule has 2 aliphatic rings. The maximum Gasteiger partial charge on any atom is 0.220 e. The molecule has 0 aromatic heterocycles. The zero-order valence-electron chi connectivity index (χ0n) is 15.1. The highest BCUT2D eigenvalue weighted by Crippen LogP contribution is 2.32. The summed E-state index contributed by atoms with van der Waals surface area (Å²) in [7, 11) is 1.70. The molecule has 1 aromatic carbocycles. The molecule has 1 aliphatic heterocycles. The Morgan fingerprint density at radius 3 is 2.88 bits per heavy atom. The number of carbonyl (C=O) groups is 1. The van der Waals surface area contributed by atoms with Crippen LogP contribution in [0.1, 0.15) is 38.5 Å². The fraction of sp³-hybridized carbons (Fsp3) is 0.650. The Balaban J connectivity index is 1.44. The van der Waals surface area contributed by atoms with Gasteiger partial charge in [0, 0.05) is 26.1 Å². The van der Waals surface area contributed by atoms with Crippen molar-refractivity contribution in [1.82, 2.24) is 5.32 Å². The molecule has 1 aliphatic carbocycles.